The zero-order valence-corrected chi connectivity index (χ0v) is 13.1. The number of allylic oxidation sites excluding steroid dienone is 3. The molecule has 1 aromatic rings. The summed E-state index contributed by atoms with van der Waals surface area (Å²) in [5.41, 5.74) is 1.37. The number of aromatic nitrogens is 1. The van der Waals surface area contributed by atoms with Crippen molar-refractivity contribution in [3.05, 3.63) is 35.2 Å². The first kappa shape index (κ1) is 15.9. The molecule has 0 aliphatic carbocycles. The summed E-state index contributed by atoms with van der Waals surface area (Å²) in [6, 6.07) is 0. The lowest BCUT2D eigenvalue weighted by Crippen LogP contribution is -2.44. The van der Waals surface area contributed by atoms with Crippen LogP contribution < -0.4 is 10.2 Å². The summed E-state index contributed by atoms with van der Waals surface area (Å²) in [6.07, 6.45) is 6.92. The molecule has 1 N–H and O–H groups in total. The third kappa shape index (κ3) is 4.48. The number of nitrogens with zero attached hydrogens (tertiary/aromatic N) is 2. The Hall–Kier alpha value is -1.13. The molecule has 0 bridgehead atoms. The van der Waals surface area contributed by atoms with Crippen LogP contribution in [0.15, 0.2) is 24.8 Å². The fraction of sp³-hybridized carbons (Fsp3) is 0.533. The van der Waals surface area contributed by atoms with Gasteiger partial charge in [0.05, 0.1) is 0 Å². The van der Waals surface area contributed by atoms with Gasteiger partial charge >= 0.3 is 0 Å². The predicted molar refractivity (Wildman–Crippen MR) is 86.3 cm³/mol. The highest BCUT2D eigenvalue weighted by molar-refractivity contribution is 7.06. The van der Waals surface area contributed by atoms with Crippen molar-refractivity contribution in [2.24, 2.45) is 0 Å². The highest BCUT2D eigenvalue weighted by Gasteiger charge is 2.17. The summed E-state index contributed by atoms with van der Waals surface area (Å²) >= 11 is 1.61. The van der Waals surface area contributed by atoms with Crippen LogP contribution in [0.5, 0.6) is 0 Å². The maximum Gasteiger partial charge on any atom is 0.146 e. The molecule has 1 saturated heterocycles. The maximum atomic E-state index is 4.60. The maximum absolute atomic E-state index is 4.60. The highest BCUT2D eigenvalue weighted by Crippen LogP contribution is 2.27. The second-order valence-electron chi connectivity index (χ2n) is 4.15. The molecule has 2 heterocycles. The van der Waals surface area contributed by atoms with Crippen molar-refractivity contribution in [2.75, 3.05) is 31.1 Å². The fourth-order valence-electron chi connectivity index (χ4n) is 2.02. The Balaban J connectivity index is 0.000000861. The Bertz CT molecular complexity index is 404. The van der Waals surface area contributed by atoms with E-state index in [1.165, 1.54) is 16.3 Å². The van der Waals surface area contributed by atoms with Gasteiger partial charge in [0.2, 0.25) is 0 Å². The van der Waals surface area contributed by atoms with Crippen LogP contribution in [0.4, 0.5) is 5.82 Å². The minimum atomic E-state index is 0.952. The summed E-state index contributed by atoms with van der Waals surface area (Å²) in [7, 11) is 0. The Kier molecular flexibility index (Phi) is 7.45. The van der Waals surface area contributed by atoms with E-state index in [0.29, 0.717) is 0 Å². The molecule has 106 valence electrons. The fourth-order valence-corrected chi connectivity index (χ4v) is 2.76. The van der Waals surface area contributed by atoms with E-state index in [1.807, 2.05) is 26.0 Å². The van der Waals surface area contributed by atoms with Crippen molar-refractivity contribution in [1.29, 1.82) is 0 Å². The molecule has 0 amide bonds. The molecule has 1 aliphatic heterocycles. The minimum Gasteiger partial charge on any atom is -0.353 e. The summed E-state index contributed by atoms with van der Waals surface area (Å²) in [5.74, 6) is 1.18. The van der Waals surface area contributed by atoms with Crippen LogP contribution in [0, 0.1) is 6.92 Å². The van der Waals surface area contributed by atoms with Gasteiger partial charge in [-0.15, -0.1) is 0 Å². The van der Waals surface area contributed by atoms with E-state index >= 15 is 0 Å². The highest BCUT2D eigenvalue weighted by atomic mass is 32.1. The lowest BCUT2D eigenvalue weighted by Gasteiger charge is -2.28. The van der Waals surface area contributed by atoms with E-state index in [-0.39, 0.29) is 0 Å². The van der Waals surface area contributed by atoms with E-state index in [4.69, 9.17) is 0 Å². The number of piperazine rings is 1. The molecule has 3 nitrogen and oxygen atoms in total. The number of hydrogen-bond donors (Lipinski definition) is 1. The molecule has 0 radical (unpaired) electrons. The molecule has 0 unspecified atom stereocenters. The van der Waals surface area contributed by atoms with Crippen LogP contribution in [0.2, 0.25) is 0 Å². The van der Waals surface area contributed by atoms with Crippen molar-refractivity contribution < 1.29 is 0 Å². The van der Waals surface area contributed by atoms with E-state index in [2.05, 4.69) is 34.2 Å². The second kappa shape index (κ2) is 8.88. The topological polar surface area (TPSA) is 28.2 Å². The van der Waals surface area contributed by atoms with Crippen molar-refractivity contribution in [3.63, 3.8) is 0 Å². The smallest absolute Gasteiger partial charge is 0.146 e. The van der Waals surface area contributed by atoms with Crippen LogP contribution in [-0.4, -0.2) is 30.6 Å². The van der Waals surface area contributed by atoms with Crippen molar-refractivity contribution in [3.8, 4) is 0 Å². The monoisotopic (exact) mass is 279 g/mol. The van der Waals surface area contributed by atoms with Crippen LogP contribution in [0.3, 0.4) is 0 Å². The number of anilines is 1. The summed E-state index contributed by atoms with van der Waals surface area (Å²) < 4.78 is 4.60. The van der Waals surface area contributed by atoms with Gasteiger partial charge < -0.3 is 10.2 Å². The average Bonchev–Trinajstić information content (AvgIpc) is 2.84. The number of nitrogens with one attached hydrogen (secondary N) is 1. The van der Waals surface area contributed by atoms with E-state index < -0.39 is 0 Å². The molecule has 2 rings (SSSR count). The average molecular weight is 279 g/mol. The standard InChI is InChI=1S/C13H19N3S.C2H6/c1-3-4-5-6-12-11(2)17-15-13(12)16-9-7-14-8-10-16;1-2/h3-5,14H,1,6-10H2,2H3;1-2H3. The second-order valence-corrected chi connectivity index (χ2v) is 5.12. The molecular formula is C15H25N3S. The third-order valence-electron chi connectivity index (χ3n) is 2.97. The van der Waals surface area contributed by atoms with Crippen molar-refractivity contribution in [1.82, 2.24) is 9.69 Å². The van der Waals surface area contributed by atoms with Gasteiger partial charge in [0.1, 0.15) is 5.82 Å². The van der Waals surface area contributed by atoms with Crippen LogP contribution >= 0.6 is 11.5 Å². The Morgan fingerprint density at radius 1 is 1.37 bits per heavy atom. The molecule has 1 aromatic heterocycles. The lowest BCUT2D eigenvalue weighted by molar-refractivity contribution is 0.585. The lowest BCUT2D eigenvalue weighted by atomic mass is 10.1. The number of aryl methyl sites for hydroxylation is 1. The third-order valence-corrected chi connectivity index (χ3v) is 3.76. The molecule has 4 heteroatoms. The van der Waals surface area contributed by atoms with Gasteiger partial charge in [0.15, 0.2) is 0 Å². The zero-order valence-electron chi connectivity index (χ0n) is 12.3. The van der Waals surface area contributed by atoms with E-state index in [9.17, 15) is 0 Å². The van der Waals surface area contributed by atoms with Gasteiger partial charge in [-0.1, -0.05) is 38.7 Å². The first-order valence-electron chi connectivity index (χ1n) is 7.01. The molecule has 1 fully saturated rings. The quantitative estimate of drug-likeness (QED) is 0.858. The summed E-state index contributed by atoms with van der Waals surface area (Å²) in [5, 5.41) is 3.37. The van der Waals surface area contributed by atoms with Gasteiger partial charge in [-0.2, -0.15) is 4.37 Å². The van der Waals surface area contributed by atoms with Gasteiger partial charge in [-0.05, 0) is 24.9 Å². The van der Waals surface area contributed by atoms with E-state index in [0.717, 1.165) is 32.6 Å². The summed E-state index contributed by atoms with van der Waals surface area (Å²) in [4.78, 5) is 3.71. The molecular weight excluding hydrogens is 254 g/mol. The molecule has 19 heavy (non-hydrogen) atoms. The number of rotatable bonds is 4. The van der Waals surface area contributed by atoms with E-state index in [1.54, 1.807) is 11.5 Å². The molecule has 0 spiro atoms. The normalized spacial score (nSPS) is 15.2. The van der Waals surface area contributed by atoms with Gasteiger partial charge in [-0.25, -0.2) is 0 Å². The van der Waals surface area contributed by atoms with Crippen LogP contribution in [0.25, 0.3) is 0 Å². The predicted octanol–water partition coefficient (Wildman–Crippen LogP) is 3.17. The first-order valence-corrected chi connectivity index (χ1v) is 7.78. The van der Waals surface area contributed by atoms with Gasteiger partial charge in [-0.3, -0.25) is 0 Å². The van der Waals surface area contributed by atoms with Gasteiger partial charge in [0.25, 0.3) is 0 Å². The Morgan fingerprint density at radius 3 is 2.68 bits per heavy atom. The Morgan fingerprint density at radius 2 is 2.05 bits per heavy atom. The zero-order chi connectivity index (χ0) is 14.1. The van der Waals surface area contributed by atoms with Gasteiger partial charge in [0, 0.05) is 36.6 Å². The first-order chi connectivity index (χ1) is 9.33. The molecule has 0 aromatic carbocycles. The summed E-state index contributed by atoms with van der Waals surface area (Å²) in [6.45, 7) is 14.1. The van der Waals surface area contributed by atoms with Crippen molar-refractivity contribution in [2.45, 2.75) is 27.2 Å². The van der Waals surface area contributed by atoms with Crippen LogP contribution in [-0.2, 0) is 6.42 Å². The van der Waals surface area contributed by atoms with Crippen LogP contribution in [0.1, 0.15) is 24.3 Å². The minimum absolute atomic E-state index is 0.952. The molecule has 1 aliphatic rings. The molecule has 0 atom stereocenters. The number of hydrogen-bond acceptors (Lipinski definition) is 4. The SMILES string of the molecule is C=CC=CCc1c(N2CCNCC2)nsc1C.CC. The largest absolute Gasteiger partial charge is 0.353 e. The Labute approximate surface area is 121 Å². The molecule has 0 saturated carbocycles. The van der Waals surface area contributed by atoms with Crippen molar-refractivity contribution >= 4 is 17.4 Å².